The molecule has 1 aromatic carbocycles. The minimum atomic E-state index is -0.186. The molecule has 0 saturated heterocycles. The van der Waals surface area contributed by atoms with Gasteiger partial charge in [-0.1, -0.05) is 36.4 Å². The maximum atomic E-state index is 12.4. The lowest BCUT2D eigenvalue weighted by molar-refractivity contribution is 0.0948. The van der Waals surface area contributed by atoms with Gasteiger partial charge in [0.15, 0.2) is 0 Å². The van der Waals surface area contributed by atoms with Gasteiger partial charge in [0, 0.05) is 18.8 Å². The second-order valence-electron chi connectivity index (χ2n) is 6.21. The van der Waals surface area contributed by atoms with Crippen LogP contribution in [-0.4, -0.2) is 27.4 Å². The van der Waals surface area contributed by atoms with Gasteiger partial charge in [-0.25, -0.2) is 9.97 Å². The molecular formula is C21H23N5O. The molecule has 2 heterocycles. The van der Waals surface area contributed by atoms with Gasteiger partial charge >= 0.3 is 0 Å². The van der Waals surface area contributed by atoms with Gasteiger partial charge in [-0.15, -0.1) is 0 Å². The number of rotatable bonds is 8. The van der Waals surface area contributed by atoms with Crippen LogP contribution in [0.1, 0.15) is 34.0 Å². The second kappa shape index (κ2) is 9.43. The Morgan fingerprint density at radius 3 is 2.63 bits per heavy atom. The highest BCUT2D eigenvalue weighted by atomic mass is 16.1. The number of pyridine rings is 1. The number of hydrogen-bond acceptors (Lipinski definition) is 5. The lowest BCUT2D eigenvalue weighted by atomic mass is 10.1. The topological polar surface area (TPSA) is 79.8 Å². The van der Waals surface area contributed by atoms with Gasteiger partial charge in [0.05, 0.1) is 12.2 Å². The number of carbonyl (C=O) groups is 1. The van der Waals surface area contributed by atoms with Crippen LogP contribution in [0.4, 0.5) is 5.82 Å². The van der Waals surface area contributed by atoms with Crippen molar-refractivity contribution in [3.05, 3.63) is 83.6 Å². The van der Waals surface area contributed by atoms with Crippen LogP contribution in [0, 0.1) is 6.92 Å². The molecule has 0 aliphatic carbocycles. The molecular weight excluding hydrogens is 338 g/mol. The van der Waals surface area contributed by atoms with Gasteiger partial charge in [-0.05, 0) is 37.5 Å². The van der Waals surface area contributed by atoms with Gasteiger partial charge in [-0.3, -0.25) is 9.78 Å². The van der Waals surface area contributed by atoms with Crippen LogP contribution in [0.3, 0.4) is 0 Å². The van der Waals surface area contributed by atoms with E-state index in [9.17, 15) is 4.79 Å². The molecule has 6 heteroatoms. The molecule has 0 aliphatic heterocycles. The Labute approximate surface area is 159 Å². The highest BCUT2D eigenvalue weighted by Crippen LogP contribution is 2.09. The van der Waals surface area contributed by atoms with Crippen molar-refractivity contribution in [2.24, 2.45) is 0 Å². The molecule has 2 aromatic heterocycles. The minimum absolute atomic E-state index is 0.186. The molecule has 3 rings (SSSR count). The molecule has 6 nitrogen and oxygen atoms in total. The van der Waals surface area contributed by atoms with E-state index in [0.29, 0.717) is 30.4 Å². The van der Waals surface area contributed by atoms with Crippen molar-refractivity contribution >= 4 is 11.7 Å². The molecule has 0 fully saturated rings. The normalized spacial score (nSPS) is 10.4. The van der Waals surface area contributed by atoms with E-state index >= 15 is 0 Å². The Hall–Kier alpha value is -3.28. The summed E-state index contributed by atoms with van der Waals surface area (Å²) in [5, 5.41) is 6.12. The summed E-state index contributed by atoms with van der Waals surface area (Å²) in [6, 6.07) is 17.6. The summed E-state index contributed by atoms with van der Waals surface area (Å²) >= 11 is 0. The van der Waals surface area contributed by atoms with Crippen molar-refractivity contribution in [1.29, 1.82) is 0 Å². The van der Waals surface area contributed by atoms with Gasteiger partial charge in [0.1, 0.15) is 17.3 Å². The van der Waals surface area contributed by atoms with Crippen LogP contribution >= 0.6 is 0 Å². The maximum absolute atomic E-state index is 12.4. The number of hydrogen-bond donors (Lipinski definition) is 2. The van der Waals surface area contributed by atoms with Gasteiger partial charge in [-0.2, -0.15) is 0 Å². The predicted molar refractivity (Wildman–Crippen MR) is 105 cm³/mol. The van der Waals surface area contributed by atoms with E-state index in [0.717, 1.165) is 18.5 Å². The number of anilines is 1. The molecule has 3 aromatic rings. The molecule has 0 aliphatic rings. The van der Waals surface area contributed by atoms with Crippen molar-refractivity contribution < 1.29 is 4.79 Å². The van der Waals surface area contributed by atoms with E-state index < -0.39 is 0 Å². The molecule has 0 unspecified atom stereocenters. The standard InChI is InChI=1S/C21H23N5O/c1-16-25-19(14-20(26-16)24-15-18-11-5-6-12-22-18)21(27)23-13-7-10-17-8-3-2-4-9-17/h2-6,8-9,11-12,14H,7,10,13,15H2,1H3,(H,23,27)(H,24,25,26). The first-order chi connectivity index (χ1) is 13.2. The van der Waals surface area contributed by atoms with Crippen LogP contribution in [0.2, 0.25) is 0 Å². The number of nitrogens with zero attached hydrogens (tertiary/aromatic N) is 3. The second-order valence-corrected chi connectivity index (χ2v) is 6.21. The number of amides is 1. The highest BCUT2D eigenvalue weighted by Gasteiger charge is 2.10. The van der Waals surface area contributed by atoms with Crippen molar-refractivity contribution in [1.82, 2.24) is 20.3 Å². The Morgan fingerprint density at radius 2 is 1.85 bits per heavy atom. The van der Waals surface area contributed by atoms with Crippen LogP contribution in [-0.2, 0) is 13.0 Å². The SMILES string of the molecule is Cc1nc(NCc2ccccn2)cc(C(=O)NCCCc2ccccc2)n1. The van der Waals surface area contributed by atoms with Crippen LogP contribution in [0.25, 0.3) is 0 Å². The first-order valence-electron chi connectivity index (χ1n) is 9.02. The van der Waals surface area contributed by atoms with Gasteiger partial charge in [0.25, 0.3) is 5.91 Å². The number of nitrogens with one attached hydrogen (secondary N) is 2. The Morgan fingerprint density at radius 1 is 1.04 bits per heavy atom. The predicted octanol–water partition coefficient (Wildman–Crippen LogP) is 3.15. The summed E-state index contributed by atoms with van der Waals surface area (Å²) in [5.74, 6) is 0.979. The van der Waals surface area contributed by atoms with Crippen LogP contribution in [0.15, 0.2) is 60.8 Å². The molecule has 1 amide bonds. The maximum Gasteiger partial charge on any atom is 0.270 e. The molecule has 0 spiro atoms. The lowest BCUT2D eigenvalue weighted by Gasteiger charge is -2.09. The number of aromatic nitrogens is 3. The summed E-state index contributed by atoms with van der Waals surface area (Å²) in [4.78, 5) is 25.2. The fraction of sp³-hybridized carbons (Fsp3) is 0.238. The quantitative estimate of drug-likeness (QED) is 0.603. The van der Waals surface area contributed by atoms with Crippen LogP contribution < -0.4 is 10.6 Å². The van der Waals surface area contributed by atoms with E-state index in [1.54, 1.807) is 19.2 Å². The molecule has 0 atom stereocenters. The number of aryl methyl sites for hydroxylation is 2. The minimum Gasteiger partial charge on any atom is -0.364 e. The fourth-order valence-corrected chi connectivity index (χ4v) is 2.69. The molecule has 0 bridgehead atoms. The summed E-state index contributed by atoms with van der Waals surface area (Å²) < 4.78 is 0. The Kier molecular flexibility index (Phi) is 6.46. The average Bonchev–Trinajstić information content (AvgIpc) is 2.71. The van der Waals surface area contributed by atoms with Crippen molar-refractivity contribution in [3.63, 3.8) is 0 Å². The zero-order valence-corrected chi connectivity index (χ0v) is 15.4. The smallest absolute Gasteiger partial charge is 0.270 e. The van der Waals surface area contributed by atoms with E-state index in [4.69, 9.17) is 0 Å². The number of benzene rings is 1. The average molecular weight is 361 g/mol. The van der Waals surface area contributed by atoms with Crippen molar-refractivity contribution in [2.45, 2.75) is 26.3 Å². The van der Waals surface area contributed by atoms with E-state index in [2.05, 4.69) is 37.7 Å². The van der Waals surface area contributed by atoms with E-state index in [1.165, 1.54) is 5.56 Å². The van der Waals surface area contributed by atoms with Gasteiger partial charge < -0.3 is 10.6 Å². The van der Waals surface area contributed by atoms with E-state index in [1.807, 2.05) is 36.4 Å². The van der Waals surface area contributed by atoms with E-state index in [-0.39, 0.29) is 5.91 Å². The Bertz CT molecular complexity index is 868. The lowest BCUT2D eigenvalue weighted by Crippen LogP contribution is -2.26. The third-order valence-electron chi connectivity index (χ3n) is 4.02. The van der Waals surface area contributed by atoms with Crippen molar-refractivity contribution in [2.75, 3.05) is 11.9 Å². The third-order valence-corrected chi connectivity index (χ3v) is 4.02. The summed E-state index contributed by atoms with van der Waals surface area (Å²) in [6.45, 7) is 2.92. The molecule has 0 saturated carbocycles. The highest BCUT2D eigenvalue weighted by molar-refractivity contribution is 5.92. The largest absolute Gasteiger partial charge is 0.364 e. The summed E-state index contributed by atoms with van der Waals surface area (Å²) in [5.41, 5.74) is 2.54. The molecule has 27 heavy (non-hydrogen) atoms. The third kappa shape index (κ3) is 5.88. The molecule has 0 radical (unpaired) electrons. The molecule has 138 valence electrons. The zero-order chi connectivity index (χ0) is 18.9. The number of carbonyl (C=O) groups excluding carboxylic acids is 1. The summed E-state index contributed by atoms with van der Waals surface area (Å²) in [7, 11) is 0. The van der Waals surface area contributed by atoms with Crippen LogP contribution in [0.5, 0.6) is 0 Å². The molecule has 2 N–H and O–H groups in total. The van der Waals surface area contributed by atoms with Gasteiger partial charge in [0.2, 0.25) is 0 Å². The fourth-order valence-electron chi connectivity index (χ4n) is 2.69. The van der Waals surface area contributed by atoms with Crippen molar-refractivity contribution in [3.8, 4) is 0 Å². The zero-order valence-electron chi connectivity index (χ0n) is 15.4. The first-order valence-corrected chi connectivity index (χ1v) is 9.02. The summed E-state index contributed by atoms with van der Waals surface area (Å²) in [6.07, 6.45) is 3.56. The first kappa shape index (κ1) is 18.5. The Balaban J connectivity index is 1.52. The monoisotopic (exact) mass is 361 g/mol.